The summed E-state index contributed by atoms with van der Waals surface area (Å²) in [6, 6.07) is 22.9. The Balaban J connectivity index is 2.00. The van der Waals surface area contributed by atoms with Gasteiger partial charge in [0, 0.05) is 0 Å². The van der Waals surface area contributed by atoms with Crippen LogP contribution >= 0.6 is 0 Å². The van der Waals surface area contributed by atoms with Gasteiger partial charge in [-0.05, 0) is 70.5 Å². The molecule has 0 saturated heterocycles. The summed E-state index contributed by atoms with van der Waals surface area (Å²) in [5.41, 5.74) is 2.35. The lowest BCUT2D eigenvalue weighted by atomic mass is 9.87. The number of alkyl halides is 3. The quantitative estimate of drug-likeness (QED) is 0.236. The van der Waals surface area contributed by atoms with Crippen LogP contribution in [0, 0.1) is 0 Å². The number of halogens is 3. The molecule has 206 valence electrons. The summed E-state index contributed by atoms with van der Waals surface area (Å²) in [5, 5.41) is 0. The molecule has 0 spiro atoms. The Hall–Kier alpha value is -2.49. The van der Waals surface area contributed by atoms with Crippen LogP contribution in [-0.4, -0.2) is 31.0 Å². The Morgan fingerprint density at radius 1 is 0.711 bits per heavy atom. The summed E-state index contributed by atoms with van der Waals surface area (Å²) in [6.07, 6.45) is -7.65. The number of hydrogen-bond donors (Lipinski definition) is 1. The van der Waals surface area contributed by atoms with E-state index in [0.717, 1.165) is 14.7 Å². The molecule has 1 unspecified atom stereocenters. The van der Waals surface area contributed by atoms with Gasteiger partial charge in [0.15, 0.2) is 14.7 Å². The minimum Gasteiger partial charge on any atom is -0.480 e. The standard InChI is InChI=1S/C29H33F3O4S2/c1-27(2,3)20-7-13-23(14-8-20)37(24-15-9-21(10-16-24)28(4,5)6)25-17-11-22(12-18-25)36-26(29(30,31)32)19-38(33,34)35/h7-18,26H,19H2,1-6H3/p+1. The molecule has 0 aliphatic heterocycles. The summed E-state index contributed by atoms with van der Waals surface area (Å²) >= 11 is 0. The first-order valence-electron chi connectivity index (χ1n) is 12.1. The fourth-order valence-corrected chi connectivity index (χ4v) is 6.48. The molecular formula is C29H34F3O4S2+. The molecule has 0 aliphatic carbocycles. The van der Waals surface area contributed by atoms with Crippen LogP contribution in [0.2, 0.25) is 0 Å². The van der Waals surface area contributed by atoms with E-state index in [9.17, 15) is 21.6 Å². The molecule has 4 nitrogen and oxygen atoms in total. The van der Waals surface area contributed by atoms with Crippen molar-refractivity contribution >= 4 is 21.0 Å². The predicted molar refractivity (Wildman–Crippen MR) is 146 cm³/mol. The third-order valence-corrected chi connectivity index (χ3v) is 8.93. The number of benzene rings is 3. The molecule has 0 fully saturated rings. The number of ether oxygens (including phenoxy) is 1. The van der Waals surface area contributed by atoms with Crippen molar-refractivity contribution in [3.8, 4) is 5.75 Å². The smallest absolute Gasteiger partial charge is 0.426 e. The molecule has 0 saturated carbocycles. The Bertz CT molecular complexity index is 1260. The van der Waals surface area contributed by atoms with E-state index in [4.69, 9.17) is 9.29 Å². The lowest BCUT2D eigenvalue weighted by Gasteiger charge is -2.21. The fraction of sp³-hybridized carbons (Fsp3) is 0.379. The predicted octanol–water partition coefficient (Wildman–Crippen LogP) is 7.57. The molecule has 38 heavy (non-hydrogen) atoms. The molecule has 0 aliphatic rings. The van der Waals surface area contributed by atoms with Gasteiger partial charge in [-0.25, -0.2) is 0 Å². The molecule has 9 heteroatoms. The maximum atomic E-state index is 13.3. The van der Waals surface area contributed by atoms with Crippen LogP contribution in [0.25, 0.3) is 0 Å². The van der Waals surface area contributed by atoms with E-state index in [1.807, 2.05) is 0 Å². The van der Waals surface area contributed by atoms with E-state index in [1.165, 1.54) is 23.3 Å². The first-order chi connectivity index (χ1) is 17.3. The molecule has 0 radical (unpaired) electrons. The van der Waals surface area contributed by atoms with Gasteiger partial charge >= 0.3 is 6.18 Å². The third-order valence-electron chi connectivity index (χ3n) is 5.98. The summed E-state index contributed by atoms with van der Waals surface area (Å²) in [6.45, 7) is 12.8. The van der Waals surface area contributed by atoms with Crippen molar-refractivity contribution in [1.29, 1.82) is 0 Å². The largest absolute Gasteiger partial charge is 0.480 e. The maximum Gasteiger partial charge on any atom is 0.426 e. The van der Waals surface area contributed by atoms with Crippen molar-refractivity contribution in [1.82, 2.24) is 0 Å². The second-order valence-corrected chi connectivity index (χ2v) is 14.7. The van der Waals surface area contributed by atoms with Gasteiger partial charge in [0.1, 0.15) is 11.5 Å². The topological polar surface area (TPSA) is 63.6 Å². The summed E-state index contributed by atoms with van der Waals surface area (Å²) in [5.74, 6) is -1.72. The zero-order chi connectivity index (χ0) is 28.5. The van der Waals surface area contributed by atoms with Crippen LogP contribution in [0.5, 0.6) is 5.75 Å². The second kappa shape index (κ2) is 10.9. The van der Waals surface area contributed by atoms with Crippen LogP contribution in [-0.2, 0) is 31.8 Å². The fourth-order valence-electron chi connectivity index (χ4n) is 3.80. The highest BCUT2D eigenvalue weighted by molar-refractivity contribution is 7.97. The molecule has 1 atom stereocenters. The molecule has 0 bridgehead atoms. The van der Waals surface area contributed by atoms with Crippen molar-refractivity contribution in [3.05, 3.63) is 83.9 Å². The molecule has 0 amide bonds. The van der Waals surface area contributed by atoms with Crippen molar-refractivity contribution in [2.45, 2.75) is 79.3 Å². The van der Waals surface area contributed by atoms with E-state index in [-0.39, 0.29) is 16.6 Å². The third kappa shape index (κ3) is 8.01. The summed E-state index contributed by atoms with van der Waals surface area (Å²) in [4.78, 5) is 2.96. The van der Waals surface area contributed by atoms with Gasteiger partial charge in [-0.15, -0.1) is 0 Å². The lowest BCUT2D eigenvalue weighted by Crippen LogP contribution is -2.40. The van der Waals surface area contributed by atoms with Crippen LogP contribution in [0.15, 0.2) is 87.5 Å². The van der Waals surface area contributed by atoms with Gasteiger partial charge in [0.05, 0.1) is 10.9 Å². The average Bonchev–Trinajstić information content (AvgIpc) is 2.78. The van der Waals surface area contributed by atoms with Gasteiger partial charge in [0.25, 0.3) is 10.1 Å². The van der Waals surface area contributed by atoms with Gasteiger partial charge < -0.3 is 4.74 Å². The molecular weight excluding hydrogens is 533 g/mol. The highest BCUT2D eigenvalue weighted by atomic mass is 32.2. The molecule has 0 aromatic heterocycles. The Morgan fingerprint density at radius 3 is 1.34 bits per heavy atom. The minimum absolute atomic E-state index is 0.0123. The lowest BCUT2D eigenvalue weighted by molar-refractivity contribution is -0.188. The molecule has 1 N–H and O–H groups in total. The van der Waals surface area contributed by atoms with Crippen molar-refractivity contribution in [2.75, 3.05) is 5.75 Å². The van der Waals surface area contributed by atoms with Gasteiger partial charge in [-0.1, -0.05) is 65.8 Å². The number of hydrogen-bond acceptors (Lipinski definition) is 3. The SMILES string of the molecule is CC(C)(C)c1ccc([S+](c2ccc(OC(CS(=O)(=O)O)C(F)(F)F)cc2)c2ccc(C(C)(C)C)cc2)cc1. The zero-order valence-corrected chi connectivity index (χ0v) is 24.0. The van der Waals surface area contributed by atoms with Crippen LogP contribution < -0.4 is 4.74 Å². The Labute approximate surface area is 226 Å². The Morgan fingerprint density at radius 2 is 1.05 bits per heavy atom. The van der Waals surface area contributed by atoms with E-state index < -0.39 is 39.0 Å². The van der Waals surface area contributed by atoms with Crippen LogP contribution in [0.1, 0.15) is 52.7 Å². The molecule has 3 rings (SSSR count). The Kier molecular flexibility index (Phi) is 8.66. The van der Waals surface area contributed by atoms with Crippen LogP contribution in [0.3, 0.4) is 0 Å². The monoisotopic (exact) mass is 567 g/mol. The highest BCUT2D eigenvalue weighted by Crippen LogP contribution is 2.35. The van der Waals surface area contributed by atoms with Crippen molar-refractivity contribution < 1.29 is 30.9 Å². The van der Waals surface area contributed by atoms with Gasteiger partial charge in [-0.3, -0.25) is 4.55 Å². The van der Waals surface area contributed by atoms with E-state index in [2.05, 4.69) is 90.1 Å². The van der Waals surface area contributed by atoms with Crippen LogP contribution in [0.4, 0.5) is 13.2 Å². The molecule has 0 heterocycles. The normalized spacial score (nSPS) is 14.0. The number of rotatable bonds is 7. The van der Waals surface area contributed by atoms with Crippen molar-refractivity contribution in [2.24, 2.45) is 0 Å². The zero-order valence-electron chi connectivity index (χ0n) is 22.3. The van der Waals surface area contributed by atoms with E-state index in [1.54, 1.807) is 12.1 Å². The first-order valence-corrected chi connectivity index (χ1v) is 14.9. The van der Waals surface area contributed by atoms with E-state index in [0.29, 0.717) is 0 Å². The average molecular weight is 568 g/mol. The van der Waals surface area contributed by atoms with Gasteiger partial charge in [-0.2, -0.15) is 21.6 Å². The minimum atomic E-state index is -4.97. The second-order valence-electron chi connectivity index (χ2n) is 11.2. The maximum absolute atomic E-state index is 13.3. The van der Waals surface area contributed by atoms with Crippen molar-refractivity contribution in [3.63, 3.8) is 0 Å². The summed E-state index contributed by atoms with van der Waals surface area (Å²) in [7, 11) is -5.44. The van der Waals surface area contributed by atoms with Gasteiger partial charge in [0.2, 0.25) is 6.10 Å². The molecule has 3 aromatic rings. The molecule has 3 aromatic carbocycles. The van der Waals surface area contributed by atoms with E-state index >= 15 is 0 Å². The highest BCUT2D eigenvalue weighted by Gasteiger charge is 2.44. The first kappa shape index (κ1) is 30.1. The summed E-state index contributed by atoms with van der Waals surface area (Å²) < 4.78 is 76.0.